The maximum Gasteiger partial charge on any atom is 0.240 e. The molecule has 2 aliphatic rings. The predicted octanol–water partition coefficient (Wildman–Crippen LogP) is 0.763. The van der Waals surface area contributed by atoms with E-state index in [1.165, 1.54) is 12.1 Å². The highest BCUT2D eigenvalue weighted by Crippen LogP contribution is 2.26. The lowest BCUT2D eigenvalue weighted by Crippen LogP contribution is -2.44. The number of hydrogen-bond donors (Lipinski definition) is 3. The van der Waals surface area contributed by atoms with Crippen LogP contribution in [-0.2, 0) is 21.2 Å². The van der Waals surface area contributed by atoms with E-state index in [1.54, 1.807) is 6.07 Å². The SMILES string of the molecule is O=C1Cc2cc(S(=O)(=O)N[C@@H]3CCCC[C@H]3O)ccc2N1. The van der Waals surface area contributed by atoms with Crippen LogP contribution in [0, 0.1) is 0 Å². The van der Waals surface area contributed by atoms with Gasteiger partial charge in [-0.15, -0.1) is 0 Å². The van der Waals surface area contributed by atoms with Crippen LogP contribution in [0.25, 0.3) is 0 Å². The maximum atomic E-state index is 12.4. The lowest BCUT2D eigenvalue weighted by Gasteiger charge is -2.28. The van der Waals surface area contributed by atoms with Crippen LogP contribution in [0.4, 0.5) is 5.69 Å². The molecule has 0 saturated heterocycles. The second-order valence-corrected chi connectivity index (χ2v) is 7.34. The molecular weight excluding hydrogens is 292 g/mol. The number of hydrogen-bond acceptors (Lipinski definition) is 4. The summed E-state index contributed by atoms with van der Waals surface area (Å²) < 4.78 is 27.4. The Kier molecular flexibility index (Phi) is 3.73. The van der Waals surface area contributed by atoms with Gasteiger partial charge >= 0.3 is 0 Å². The molecule has 0 unspecified atom stereocenters. The predicted molar refractivity (Wildman–Crippen MR) is 77.4 cm³/mol. The summed E-state index contributed by atoms with van der Waals surface area (Å²) in [5.41, 5.74) is 1.35. The minimum absolute atomic E-state index is 0.129. The van der Waals surface area contributed by atoms with Crippen molar-refractivity contribution in [1.29, 1.82) is 0 Å². The molecule has 1 amide bonds. The van der Waals surface area contributed by atoms with E-state index in [9.17, 15) is 18.3 Å². The number of carbonyl (C=O) groups is 1. The molecule has 2 atom stereocenters. The lowest BCUT2D eigenvalue weighted by atomic mass is 9.93. The zero-order chi connectivity index (χ0) is 15.0. The van der Waals surface area contributed by atoms with Gasteiger partial charge in [-0.05, 0) is 36.6 Å². The van der Waals surface area contributed by atoms with Crippen LogP contribution in [0.5, 0.6) is 0 Å². The number of benzene rings is 1. The van der Waals surface area contributed by atoms with E-state index in [0.29, 0.717) is 24.1 Å². The first kappa shape index (κ1) is 14.5. The third-order valence-corrected chi connectivity index (χ3v) is 5.54. The molecule has 1 saturated carbocycles. The topological polar surface area (TPSA) is 95.5 Å². The molecule has 3 rings (SSSR count). The van der Waals surface area contributed by atoms with Crippen molar-refractivity contribution < 1.29 is 18.3 Å². The normalized spacial score (nSPS) is 25.5. The van der Waals surface area contributed by atoms with Gasteiger partial charge in [-0.3, -0.25) is 4.79 Å². The number of nitrogens with one attached hydrogen (secondary N) is 2. The summed E-state index contributed by atoms with van der Waals surface area (Å²) in [4.78, 5) is 11.4. The molecule has 1 heterocycles. The highest BCUT2D eigenvalue weighted by Gasteiger charge is 2.29. The van der Waals surface area contributed by atoms with E-state index in [1.807, 2.05) is 0 Å². The Hall–Kier alpha value is -1.44. The molecule has 7 heteroatoms. The molecule has 1 fully saturated rings. The molecule has 6 nitrogen and oxygen atoms in total. The van der Waals surface area contributed by atoms with Crippen molar-refractivity contribution >= 4 is 21.6 Å². The quantitative estimate of drug-likeness (QED) is 0.768. The monoisotopic (exact) mass is 310 g/mol. The zero-order valence-electron chi connectivity index (χ0n) is 11.5. The first-order valence-electron chi connectivity index (χ1n) is 7.09. The highest BCUT2D eigenvalue weighted by atomic mass is 32.2. The fraction of sp³-hybridized carbons (Fsp3) is 0.500. The highest BCUT2D eigenvalue weighted by molar-refractivity contribution is 7.89. The van der Waals surface area contributed by atoms with Gasteiger partial charge in [0, 0.05) is 11.7 Å². The minimum Gasteiger partial charge on any atom is -0.391 e. The fourth-order valence-corrected chi connectivity index (χ4v) is 4.24. The van der Waals surface area contributed by atoms with E-state index < -0.39 is 22.2 Å². The Morgan fingerprint density at radius 1 is 1.24 bits per heavy atom. The average molecular weight is 310 g/mol. The molecule has 1 aliphatic heterocycles. The van der Waals surface area contributed by atoms with Gasteiger partial charge in [0.05, 0.1) is 17.4 Å². The first-order chi connectivity index (χ1) is 9.95. The largest absolute Gasteiger partial charge is 0.391 e. The molecule has 21 heavy (non-hydrogen) atoms. The molecule has 1 aromatic rings. The zero-order valence-corrected chi connectivity index (χ0v) is 12.3. The van der Waals surface area contributed by atoms with Gasteiger partial charge in [0.15, 0.2) is 0 Å². The summed E-state index contributed by atoms with van der Waals surface area (Å²) in [6.45, 7) is 0. The van der Waals surface area contributed by atoms with E-state index >= 15 is 0 Å². The summed E-state index contributed by atoms with van der Waals surface area (Å²) in [6, 6.07) is 4.16. The molecule has 114 valence electrons. The van der Waals surface area contributed by atoms with Gasteiger partial charge in [-0.2, -0.15) is 0 Å². The molecule has 0 bridgehead atoms. The van der Waals surface area contributed by atoms with Gasteiger partial charge in [-0.1, -0.05) is 12.8 Å². The number of carbonyl (C=O) groups excluding carboxylic acids is 1. The minimum atomic E-state index is -3.68. The van der Waals surface area contributed by atoms with Gasteiger partial charge in [0.1, 0.15) is 0 Å². The van der Waals surface area contributed by atoms with Gasteiger partial charge in [0.2, 0.25) is 15.9 Å². The van der Waals surface area contributed by atoms with E-state index in [0.717, 1.165) is 12.8 Å². The second-order valence-electron chi connectivity index (χ2n) is 5.62. The van der Waals surface area contributed by atoms with Crippen molar-refractivity contribution in [3.8, 4) is 0 Å². The molecule has 1 aliphatic carbocycles. The Labute approximate surface area is 123 Å². The van der Waals surface area contributed by atoms with Crippen molar-refractivity contribution in [2.75, 3.05) is 5.32 Å². The third kappa shape index (κ3) is 2.95. The molecule has 0 radical (unpaired) electrons. The van der Waals surface area contributed by atoms with E-state index in [-0.39, 0.29) is 17.2 Å². The summed E-state index contributed by atoms with van der Waals surface area (Å²) >= 11 is 0. The summed E-state index contributed by atoms with van der Waals surface area (Å²) in [7, 11) is -3.68. The maximum absolute atomic E-state index is 12.4. The Bertz CT molecular complexity index is 672. The smallest absolute Gasteiger partial charge is 0.240 e. The number of rotatable bonds is 3. The van der Waals surface area contributed by atoms with Crippen molar-refractivity contribution in [3.05, 3.63) is 23.8 Å². The van der Waals surface area contributed by atoms with Gasteiger partial charge < -0.3 is 10.4 Å². The van der Waals surface area contributed by atoms with E-state index in [2.05, 4.69) is 10.0 Å². The van der Waals surface area contributed by atoms with Crippen LogP contribution in [0.3, 0.4) is 0 Å². The number of sulfonamides is 1. The number of fused-ring (bicyclic) bond motifs is 1. The van der Waals surface area contributed by atoms with Crippen LogP contribution in [0.15, 0.2) is 23.1 Å². The van der Waals surface area contributed by atoms with Gasteiger partial charge in [0.25, 0.3) is 0 Å². The Balaban J connectivity index is 1.82. The fourth-order valence-electron chi connectivity index (χ4n) is 2.89. The number of anilines is 1. The van der Waals surface area contributed by atoms with Crippen LogP contribution in [0.1, 0.15) is 31.2 Å². The van der Waals surface area contributed by atoms with Crippen LogP contribution >= 0.6 is 0 Å². The summed E-state index contributed by atoms with van der Waals surface area (Å²) in [5, 5.41) is 12.6. The number of aliphatic hydroxyl groups is 1. The van der Waals surface area contributed by atoms with Crippen LogP contribution < -0.4 is 10.0 Å². The van der Waals surface area contributed by atoms with Crippen molar-refractivity contribution in [3.63, 3.8) is 0 Å². The van der Waals surface area contributed by atoms with E-state index in [4.69, 9.17) is 0 Å². The number of aliphatic hydroxyl groups excluding tert-OH is 1. The lowest BCUT2D eigenvalue weighted by molar-refractivity contribution is -0.115. The third-order valence-electron chi connectivity index (χ3n) is 4.05. The molecule has 0 spiro atoms. The van der Waals surface area contributed by atoms with Crippen LogP contribution in [0.2, 0.25) is 0 Å². The Morgan fingerprint density at radius 3 is 2.76 bits per heavy atom. The first-order valence-corrected chi connectivity index (χ1v) is 8.57. The molecule has 0 aromatic heterocycles. The van der Waals surface area contributed by atoms with Crippen molar-refractivity contribution in [2.24, 2.45) is 0 Å². The van der Waals surface area contributed by atoms with Crippen LogP contribution in [-0.4, -0.2) is 31.6 Å². The van der Waals surface area contributed by atoms with Gasteiger partial charge in [-0.25, -0.2) is 13.1 Å². The van der Waals surface area contributed by atoms with Crippen molar-refractivity contribution in [1.82, 2.24) is 4.72 Å². The molecule has 3 N–H and O–H groups in total. The standard InChI is InChI=1S/C14H18N2O4S/c17-13-4-2-1-3-12(13)16-21(19,20)10-5-6-11-9(7-10)8-14(18)15-11/h5-7,12-13,16-17H,1-4,8H2,(H,15,18)/t12-,13-/m1/s1. The van der Waals surface area contributed by atoms with Crippen molar-refractivity contribution in [2.45, 2.75) is 49.1 Å². The summed E-state index contributed by atoms with van der Waals surface area (Å²) in [6.07, 6.45) is 2.66. The molecule has 1 aromatic carbocycles. The number of amides is 1. The second kappa shape index (κ2) is 5.40. The molecular formula is C14H18N2O4S. The summed E-state index contributed by atoms with van der Waals surface area (Å²) in [5.74, 6) is -0.129. The Morgan fingerprint density at radius 2 is 2.00 bits per heavy atom. The average Bonchev–Trinajstić information content (AvgIpc) is 2.80.